The summed E-state index contributed by atoms with van der Waals surface area (Å²) >= 11 is 5.84. The van der Waals surface area contributed by atoms with Crippen LogP contribution in [0.5, 0.6) is 0 Å². The first-order valence-electron chi connectivity index (χ1n) is 6.01. The number of fused-ring (bicyclic) bond motifs is 1. The maximum atomic E-state index is 5.84. The number of aryl methyl sites for hydroxylation is 1. The Morgan fingerprint density at radius 1 is 1.16 bits per heavy atom. The van der Waals surface area contributed by atoms with Crippen molar-refractivity contribution in [2.75, 3.05) is 5.88 Å². The van der Waals surface area contributed by atoms with Crippen LogP contribution < -0.4 is 0 Å². The fourth-order valence-electron chi connectivity index (χ4n) is 2.03. The Balaban J connectivity index is 2.07. The van der Waals surface area contributed by atoms with Crippen molar-refractivity contribution in [3.05, 3.63) is 48.2 Å². The summed E-state index contributed by atoms with van der Waals surface area (Å²) in [7, 11) is 0. The van der Waals surface area contributed by atoms with Crippen LogP contribution in [0.4, 0.5) is 0 Å². The van der Waals surface area contributed by atoms with E-state index < -0.39 is 0 Å². The van der Waals surface area contributed by atoms with Gasteiger partial charge in [-0.1, -0.05) is 0 Å². The van der Waals surface area contributed by atoms with Crippen molar-refractivity contribution in [1.29, 1.82) is 0 Å². The predicted octanol–water partition coefficient (Wildman–Crippen LogP) is 2.05. The molecule has 0 bridgehead atoms. The summed E-state index contributed by atoms with van der Waals surface area (Å²) in [5, 5.41) is 7.99. The predicted molar refractivity (Wildman–Crippen MR) is 73.1 cm³/mol. The van der Waals surface area contributed by atoms with Crippen molar-refractivity contribution in [2.24, 2.45) is 0 Å². The molecule has 0 unspecified atom stereocenters. The Bertz CT molecular complexity index is 680. The van der Waals surface area contributed by atoms with Gasteiger partial charge in [0.05, 0.1) is 12.2 Å². The molecule has 96 valence electrons. The molecule has 0 aliphatic carbocycles. The van der Waals surface area contributed by atoms with Gasteiger partial charge in [0, 0.05) is 24.7 Å². The maximum absolute atomic E-state index is 5.84. The summed E-state index contributed by atoms with van der Waals surface area (Å²) < 4.78 is 2.04. The van der Waals surface area contributed by atoms with Gasteiger partial charge < -0.3 is 4.57 Å². The molecule has 0 atom stereocenters. The zero-order valence-corrected chi connectivity index (χ0v) is 11.0. The van der Waals surface area contributed by atoms with E-state index in [1.807, 2.05) is 28.8 Å². The van der Waals surface area contributed by atoms with E-state index >= 15 is 0 Å². The number of imidazole rings is 1. The molecule has 5 nitrogen and oxygen atoms in total. The zero-order valence-electron chi connectivity index (χ0n) is 10.2. The highest BCUT2D eigenvalue weighted by Crippen LogP contribution is 2.15. The SMILES string of the molecule is ClCCc1nc2cccnc2n1Cc1cccnn1. The van der Waals surface area contributed by atoms with E-state index in [1.165, 1.54) is 0 Å². The molecular weight excluding hydrogens is 262 g/mol. The molecule has 0 aromatic carbocycles. The summed E-state index contributed by atoms with van der Waals surface area (Å²) in [5.74, 6) is 1.46. The first-order chi connectivity index (χ1) is 9.38. The first-order valence-corrected chi connectivity index (χ1v) is 6.54. The number of halogens is 1. The quantitative estimate of drug-likeness (QED) is 0.683. The lowest BCUT2D eigenvalue weighted by molar-refractivity contribution is 0.718. The molecule has 0 N–H and O–H groups in total. The maximum Gasteiger partial charge on any atom is 0.160 e. The molecule has 0 aliphatic heterocycles. The average molecular weight is 274 g/mol. The zero-order chi connectivity index (χ0) is 13.1. The molecule has 0 saturated heterocycles. The minimum atomic E-state index is 0.532. The number of hydrogen-bond acceptors (Lipinski definition) is 4. The van der Waals surface area contributed by atoms with Gasteiger partial charge in [0.2, 0.25) is 0 Å². The van der Waals surface area contributed by atoms with Crippen LogP contribution >= 0.6 is 11.6 Å². The van der Waals surface area contributed by atoms with Crippen molar-refractivity contribution in [1.82, 2.24) is 24.7 Å². The van der Waals surface area contributed by atoms with Gasteiger partial charge in [-0.15, -0.1) is 11.6 Å². The molecule has 0 spiro atoms. The number of pyridine rings is 1. The monoisotopic (exact) mass is 273 g/mol. The molecule has 3 aromatic rings. The van der Waals surface area contributed by atoms with Gasteiger partial charge in [-0.25, -0.2) is 9.97 Å². The first kappa shape index (κ1) is 12.0. The third-order valence-electron chi connectivity index (χ3n) is 2.85. The number of nitrogens with zero attached hydrogens (tertiary/aromatic N) is 5. The fraction of sp³-hybridized carbons (Fsp3) is 0.231. The summed E-state index contributed by atoms with van der Waals surface area (Å²) in [6.07, 6.45) is 4.13. The second kappa shape index (κ2) is 5.32. The minimum absolute atomic E-state index is 0.532. The van der Waals surface area contributed by atoms with E-state index in [0.29, 0.717) is 18.8 Å². The van der Waals surface area contributed by atoms with Gasteiger partial charge in [-0.3, -0.25) is 0 Å². The standard InChI is InChI=1S/C13H12ClN5/c14-6-5-12-17-11-4-2-7-15-13(11)19(12)9-10-3-1-8-16-18-10/h1-4,7-8H,5-6,9H2. The fourth-order valence-corrected chi connectivity index (χ4v) is 2.20. The van der Waals surface area contributed by atoms with E-state index in [9.17, 15) is 0 Å². The molecule has 6 heteroatoms. The van der Waals surface area contributed by atoms with E-state index in [4.69, 9.17) is 11.6 Å². The number of aromatic nitrogens is 5. The third kappa shape index (κ3) is 2.42. The van der Waals surface area contributed by atoms with Crippen LogP contribution in [0.3, 0.4) is 0 Å². The topological polar surface area (TPSA) is 56.5 Å². The highest BCUT2D eigenvalue weighted by molar-refractivity contribution is 6.17. The van der Waals surface area contributed by atoms with Crippen LogP contribution in [0, 0.1) is 0 Å². The van der Waals surface area contributed by atoms with Crippen LogP contribution in [-0.2, 0) is 13.0 Å². The van der Waals surface area contributed by atoms with Gasteiger partial charge >= 0.3 is 0 Å². The van der Waals surface area contributed by atoms with E-state index in [2.05, 4.69) is 20.2 Å². The molecule has 0 radical (unpaired) electrons. The van der Waals surface area contributed by atoms with Crippen LogP contribution in [-0.4, -0.2) is 30.6 Å². The Hall–Kier alpha value is -2.01. The lowest BCUT2D eigenvalue weighted by Crippen LogP contribution is -2.08. The van der Waals surface area contributed by atoms with Gasteiger partial charge in [0.15, 0.2) is 5.65 Å². The van der Waals surface area contributed by atoms with Gasteiger partial charge in [0.25, 0.3) is 0 Å². The highest BCUT2D eigenvalue weighted by Gasteiger charge is 2.11. The summed E-state index contributed by atoms with van der Waals surface area (Å²) in [4.78, 5) is 8.96. The van der Waals surface area contributed by atoms with Crippen LogP contribution in [0.15, 0.2) is 36.7 Å². The Labute approximate surface area is 115 Å². The molecule has 19 heavy (non-hydrogen) atoms. The van der Waals surface area contributed by atoms with Crippen LogP contribution in [0.25, 0.3) is 11.2 Å². The Kier molecular flexibility index (Phi) is 3.37. The number of alkyl halides is 1. The second-order valence-electron chi connectivity index (χ2n) is 4.11. The molecular formula is C13H12ClN5. The van der Waals surface area contributed by atoms with E-state index in [1.54, 1.807) is 12.4 Å². The Morgan fingerprint density at radius 3 is 2.84 bits per heavy atom. The van der Waals surface area contributed by atoms with Crippen molar-refractivity contribution in [3.63, 3.8) is 0 Å². The van der Waals surface area contributed by atoms with Gasteiger partial charge in [-0.05, 0) is 24.3 Å². The third-order valence-corrected chi connectivity index (χ3v) is 3.04. The minimum Gasteiger partial charge on any atom is -0.307 e. The van der Waals surface area contributed by atoms with E-state index in [-0.39, 0.29) is 0 Å². The molecule has 3 aromatic heterocycles. The largest absolute Gasteiger partial charge is 0.307 e. The summed E-state index contributed by atoms with van der Waals surface area (Å²) in [5.41, 5.74) is 2.61. The second-order valence-corrected chi connectivity index (χ2v) is 4.49. The number of hydrogen-bond donors (Lipinski definition) is 0. The van der Waals surface area contributed by atoms with Crippen molar-refractivity contribution in [2.45, 2.75) is 13.0 Å². The van der Waals surface area contributed by atoms with Crippen LogP contribution in [0.2, 0.25) is 0 Å². The van der Waals surface area contributed by atoms with E-state index in [0.717, 1.165) is 22.7 Å². The number of rotatable bonds is 4. The molecule has 0 fully saturated rings. The molecule has 3 rings (SSSR count). The molecule has 0 amide bonds. The summed E-state index contributed by atoms with van der Waals surface area (Å²) in [6, 6.07) is 7.64. The molecule has 0 aliphatic rings. The van der Waals surface area contributed by atoms with Crippen molar-refractivity contribution < 1.29 is 0 Å². The highest BCUT2D eigenvalue weighted by atomic mass is 35.5. The molecule has 0 saturated carbocycles. The summed E-state index contributed by atoms with van der Waals surface area (Å²) in [6.45, 7) is 0.605. The smallest absolute Gasteiger partial charge is 0.160 e. The lowest BCUT2D eigenvalue weighted by Gasteiger charge is -2.06. The van der Waals surface area contributed by atoms with Gasteiger partial charge in [-0.2, -0.15) is 10.2 Å². The van der Waals surface area contributed by atoms with Crippen LogP contribution in [0.1, 0.15) is 11.5 Å². The molecule has 3 heterocycles. The van der Waals surface area contributed by atoms with Crippen molar-refractivity contribution in [3.8, 4) is 0 Å². The normalized spacial score (nSPS) is 11.0. The van der Waals surface area contributed by atoms with Crippen molar-refractivity contribution >= 4 is 22.8 Å². The van der Waals surface area contributed by atoms with Gasteiger partial charge in [0.1, 0.15) is 11.3 Å². The lowest BCUT2D eigenvalue weighted by atomic mass is 10.3. The average Bonchev–Trinajstić information content (AvgIpc) is 2.79. The Morgan fingerprint density at radius 2 is 2.05 bits per heavy atom.